The van der Waals surface area contributed by atoms with Crippen LogP contribution in [0.5, 0.6) is 0 Å². The molecular weight excluding hydrogens is 228 g/mol. The van der Waals surface area contributed by atoms with E-state index in [2.05, 4.69) is 15.1 Å². The van der Waals surface area contributed by atoms with Gasteiger partial charge in [0, 0.05) is 29.9 Å². The first-order chi connectivity index (χ1) is 8.74. The molecule has 1 fully saturated rings. The van der Waals surface area contributed by atoms with E-state index in [1.54, 1.807) is 12.4 Å². The van der Waals surface area contributed by atoms with Crippen LogP contribution in [0.1, 0.15) is 36.6 Å². The highest BCUT2D eigenvalue weighted by Gasteiger charge is 2.28. The van der Waals surface area contributed by atoms with Crippen molar-refractivity contribution in [3.05, 3.63) is 29.9 Å². The number of aromatic nitrogens is 3. The van der Waals surface area contributed by atoms with Crippen molar-refractivity contribution >= 4 is 0 Å². The Morgan fingerprint density at radius 1 is 1.39 bits per heavy atom. The molecule has 0 bridgehead atoms. The van der Waals surface area contributed by atoms with Crippen LogP contribution in [-0.4, -0.2) is 21.2 Å². The summed E-state index contributed by atoms with van der Waals surface area (Å²) >= 11 is 0. The molecule has 94 valence electrons. The molecule has 5 heteroatoms. The Kier molecular flexibility index (Phi) is 2.83. The van der Waals surface area contributed by atoms with Crippen molar-refractivity contribution in [1.82, 2.24) is 15.1 Å². The van der Waals surface area contributed by atoms with Crippen LogP contribution in [-0.2, 0) is 0 Å². The van der Waals surface area contributed by atoms with E-state index in [-0.39, 0.29) is 6.04 Å². The molecule has 2 atom stereocenters. The molecule has 2 heterocycles. The molecule has 2 aromatic heterocycles. The lowest BCUT2D eigenvalue weighted by atomic mass is 10.1. The number of rotatable bonds is 2. The van der Waals surface area contributed by atoms with Crippen molar-refractivity contribution in [2.75, 3.05) is 0 Å². The maximum absolute atomic E-state index is 5.91. The second kappa shape index (κ2) is 4.49. The fraction of sp³-hybridized carbons (Fsp3) is 0.462. The van der Waals surface area contributed by atoms with Gasteiger partial charge in [-0.05, 0) is 37.8 Å². The highest BCUT2D eigenvalue weighted by atomic mass is 16.5. The lowest BCUT2D eigenvalue weighted by molar-refractivity contribution is 0.353. The van der Waals surface area contributed by atoms with Crippen molar-refractivity contribution in [2.45, 2.75) is 38.1 Å². The number of aryl methyl sites for hydroxylation is 1. The number of hydrogen-bond acceptors (Lipinski definition) is 5. The van der Waals surface area contributed by atoms with Crippen molar-refractivity contribution < 1.29 is 4.52 Å². The smallest absolute Gasteiger partial charge is 0.230 e. The molecule has 1 aliphatic rings. The highest BCUT2D eigenvalue weighted by molar-refractivity contribution is 5.57. The van der Waals surface area contributed by atoms with Gasteiger partial charge in [0.2, 0.25) is 11.7 Å². The summed E-state index contributed by atoms with van der Waals surface area (Å²) in [6, 6.07) is 2.18. The van der Waals surface area contributed by atoms with Gasteiger partial charge in [-0.1, -0.05) is 5.16 Å². The largest absolute Gasteiger partial charge is 0.339 e. The first-order valence-electron chi connectivity index (χ1n) is 6.24. The van der Waals surface area contributed by atoms with Crippen LogP contribution >= 0.6 is 0 Å². The third-order valence-corrected chi connectivity index (χ3v) is 3.53. The van der Waals surface area contributed by atoms with Crippen LogP contribution in [0.4, 0.5) is 0 Å². The molecular formula is C13H16N4O. The third-order valence-electron chi connectivity index (χ3n) is 3.53. The predicted octanol–water partition coefficient (Wildman–Crippen LogP) is 2.03. The summed E-state index contributed by atoms with van der Waals surface area (Å²) < 4.78 is 5.37. The maximum atomic E-state index is 5.91. The van der Waals surface area contributed by atoms with E-state index >= 15 is 0 Å². The molecule has 3 rings (SSSR count). The molecule has 0 spiro atoms. The summed E-state index contributed by atoms with van der Waals surface area (Å²) in [6.07, 6.45) is 6.56. The third kappa shape index (κ3) is 2.01. The fourth-order valence-electron chi connectivity index (χ4n) is 2.48. The van der Waals surface area contributed by atoms with Crippen LogP contribution in [0.2, 0.25) is 0 Å². The number of hydrogen-bond donors (Lipinski definition) is 1. The van der Waals surface area contributed by atoms with E-state index in [1.165, 1.54) is 0 Å². The highest BCUT2D eigenvalue weighted by Crippen LogP contribution is 2.33. The van der Waals surface area contributed by atoms with Crippen LogP contribution in [0.15, 0.2) is 23.0 Å². The first kappa shape index (κ1) is 11.3. The van der Waals surface area contributed by atoms with Gasteiger partial charge < -0.3 is 10.3 Å². The average molecular weight is 244 g/mol. The quantitative estimate of drug-likeness (QED) is 0.874. The zero-order valence-corrected chi connectivity index (χ0v) is 10.3. The maximum Gasteiger partial charge on any atom is 0.230 e. The Morgan fingerprint density at radius 2 is 2.28 bits per heavy atom. The Hall–Kier alpha value is -1.75. The minimum atomic E-state index is 0.271. The van der Waals surface area contributed by atoms with E-state index in [0.29, 0.717) is 17.6 Å². The molecule has 5 nitrogen and oxygen atoms in total. The fourth-order valence-corrected chi connectivity index (χ4v) is 2.48. The molecule has 0 saturated heterocycles. The number of pyridine rings is 1. The first-order valence-corrected chi connectivity index (χ1v) is 6.24. The molecule has 2 aromatic rings. The van der Waals surface area contributed by atoms with Crippen molar-refractivity contribution in [3.8, 4) is 11.4 Å². The van der Waals surface area contributed by atoms with Gasteiger partial charge in [-0.15, -0.1) is 0 Å². The molecule has 0 aromatic carbocycles. The SMILES string of the molecule is Cc1cnccc1-c1noc([C@@H]2CC[C@H](N)C2)n1. The van der Waals surface area contributed by atoms with Crippen molar-refractivity contribution in [3.63, 3.8) is 0 Å². The van der Waals surface area contributed by atoms with E-state index in [9.17, 15) is 0 Å². The molecule has 0 unspecified atom stereocenters. The minimum absolute atomic E-state index is 0.271. The monoisotopic (exact) mass is 244 g/mol. The zero-order valence-electron chi connectivity index (χ0n) is 10.3. The summed E-state index contributed by atoms with van der Waals surface area (Å²) in [4.78, 5) is 8.56. The summed E-state index contributed by atoms with van der Waals surface area (Å²) in [6.45, 7) is 1.99. The van der Waals surface area contributed by atoms with Gasteiger partial charge in [-0.3, -0.25) is 4.98 Å². The molecule has 1 saturated carbocycles. The molecule has 0 radical (unpaired) electrons. The normalized spacial score (nSPS) is 23.4. The van der Waals surface area contributed by atoms with Gasteiger partial charge in [0.25, 0.3) is 0 Å². The van der Waals surface area contributed by atoms with E-state index < -0.39 is 0 Å². The van der Waals surface area contributed by atoms with Gasteiger partial charge in [0.1, 0.15) is 0 Å². The number of nitrogens with two attached hydrogens (primary N) is 1. The van der Waals surface area contributed by atoms with Gasteiger partial charge in [-0.2, -0.15) is 4.98 Å². The second-order valence-electron chi connectivity index (χ2n) is 4.92. The Morgan fingerprint density at radius 3 is 3.00 bits per heavy atom. The molecule has 18 heavy (non-hydrogen) atoms. The van der Waals surface area contributed by atoms with Crippen LogP contribution in [0.25, 0.3) is 11.4 Å². The van der Waals surface area contributed by atoms with Crippen molar-refractivity contribution in [1.29, 1.82) is 0 Å². The Labute approximate surface area is 105 Å². The minimum Gasteiger partial charge on any atom is -0.339 e. The lowest BCUT2D eigenvalue weighted by Crippen LogP contribution is -2.14. The van der Waals surface area contributed by atoms with E-state index in [0.717, 1.165) is 30.4 Å². The summed E-state index contributed by atoms with van der Waals surface area (Å²) in [5.74, 6) is 1.68. The summed E-state index contributed by atoms with van der Waals surface area (Å²) in [7, 11) is 0. The second-order valence-corrected chi connectivity index (χ2v) is 4.92. The van der Waals surface area contributed by atoms with Gasteiger partial charge in [0.05, 0.1) is 0 Å². The zero-order chi connectivity index (χ0) is 12.5. The Balaban J connectivity index is 1.88. The van der Waals surface area contributed by atoms with Crippen LogP contribution in [0, 0.1) is 6.92 Å². The van der Waals surface area contributed by atoms with E-state index in [1.807, 2.05) is 13.0 Å². The standard InChI is InChI=1S/C13H16N4O/c1-8-7-15-5-4-11(8)12-16-13(18-17-12)9-2-3-10(14)6-9/h4-5,7,9-10H,2-3,6,14H2,1H3/t9-,10+/m1/s1. The van der Waals surface area contributed by atoms with Crippen LogP contribution in [0.3, 0.4) is 0 Å². The van der Waals surface area contributed by atoms with Gasteiger partial charge in [-0.25, -0.2) is 0 Å². The molecule has 1 aliphatic carbocycles. The molecule has 2 N–H and O–H groups in total. The lowest BCUT2D eigenvalue weighted by Gasteiger charge is -2.01. The average Bonchev–Trinajstić information content (AvgIpc) is 2.98. The van der Waals surface area contributed by atoms with E-state index in [4.69, 9.17) is 10.3 Å². The number of nitrogens with zero attached hydrogens (tertiary/aromatic N) is 3. The topological polar surface area (TPSA) is 77.8 Å². The van der Waals surface area contributed by atoms with Crippen LogP contribution < -0.4 is 5.73 Å². The summed E-state index contributed by atoms with van der Waals surface area (Å²) in [5.41, 5.74) is 7.93. The van der Waals surface area contributed by atoms with Gasteiger partial charge in [0.15, 0.2) is 0 Å². The molecule has 0 aliphatic heterocycles. The summed E-state index contributed by atoms with van der Waals surface area (Å²) in [5, 5.41) is 4.06. The molecule has 0 amide bonds. The predicted molar refractivity (Wildman–Crippen MR) is 66.8 cm³/mol. The Bertz CT molecular complexity index is 551. The van der Waals surface area contributed by atoms with Gasteiger partial charge >= 0.3 is 0 Å². The van der Waals surface area contributed by atoms with Crippen molar-refractivity contribution in [2.24, 2.45) is 5.73 Å².